The zero-order valence-corrected chi connectivity index (χ0v) is 9.50. The van der Waals surface area contributed by atoms with E-state index in [4.69, 9.17) is 4.42 Å². The van der Waals surface area contributed by atoms with Crippen molar-refractivity contribution in [1.29, 1.82) is 0 Å². The SMILES string of the molecule is Cc1ccc(C2(C)NCCc3[nH]cnc32)o1. The van der Waals surface area contributed by atoms with Gasteiger partial charge in [-0.1, -0.05) is 0 Å². The molecule has 0 saturated heterocycles. The first-order valence-electron chi connectivity index (χ1n) is 5.55. The molecule has 1 aliphatic rings. The van der Waals surface area contributed by atoms with Gasteiger partial charge < -0.3 is 9.40 Å². The molecule has 16 heavy (non-hydrogen) atoms. The maximum Gasteiger partial charge on any atom is 0.130 e. The number of aromatic nitrogens is 2. The highest BCUT2D eigenvalue weighted by atomic mass is 16.3. The molecule has 4 nitrogen and oxygen atoms in total. The lowest BCUT2D eigenvalue weighted by atomic mass is 9.89. The Morgan fingerprint density at radius 3 is 3.06 bits per heavy atom. The summed E-state index contributed by atoms with van der Waals surface area (Å²) in [4.78, 5) is 7.61. The van der Waals surface area contributed by atoms with Gasteiger partial charge in [0.25, 0.3) is 0 Å². The summed E-state index contributed by atoms with van der Waals surface area (Å²) in [5.41, 5.74) is 1.95. The second-order valence-electron chi connectivity index (χ2n) is 4.44. The standard InChI is InChI=1S/C12H15N3O/c1-8-3-4-10(16-8)12(2)11-9(5-6-15-12)13-7-14-11/h3-4,7,15H,5-6H2,1-2H3,(H,13,14). The number of hydrogen-bond acceptors (Lipinski definition) is 3. The Bertz CT molecular complexity index is 514. The van der Waals surface area contributed by atoms with Crippen molar-refractivity contribution in [2.45, 2.75) is 25.8 Å². The number of imidazole rings is 1. The van der Waals surface area contributed by atoms with Gasteiger partial charge in [-0.25, -0.2) is 4.98 Å². The molecule has 0 bridgehead atoms. The molecule has 0 spiro atoms. The lowest BCUT2D eigenvalue weighted by Crippen LogP contribution is -2.45. The van der Waals surface area contributed by atoms with E-state index in [0.29, 0.717) is 0 Å². The van der Waals surface area contributed by atoms with Gasteiger partial charge in [0, 0.05) is 18.7 Å². The Hall–Kier alpha value is -1.55. The third-order valence-corrected chi connectivity index (χ3v) is 3.28. The van der Waals surface area contributed by atoms with E-state index in [1.165, 1.54) is 5.69 Å². The van der Waals surface area contributed by atoms with Crippen LogP contribution in [0, 0.1) is 6.92 Å². The van der Waals surface area contributed by atoms with Crippen LogP contribution in [0.5, 0.6) is 0 Å². The summed E-state index contributed by atoms with van der Waals surface area (Å²) < 4.78 is 5.74. The Labute approximate surface area is 94.1 Å². The fourth-order valence-electron chi connectivity index (χ4n) is 2.37. The molecule has 4 heteroatoms. The minimum Gasteiger partial charge on any atom is -0.464 e. The highest BCUT2D eigenvalue weighted by molar-refractivity contribution is 5.33. The fourth-order valence-corrected chi connectivity index (χ4v) is 2.37. The van der Waals surface area contributed by atoms with Crippen LogP contribution in [0.2, 0.25) is 0 Å². The van der Waals surface area contributed by atoms with Crippen LogP contribution in [-0.2, 0) is 12.0 Å². The normalized spacial score (nSPS) is 24.4. The van der Waals surface area contributed by atoms with Crippen molar-refractivity contribution in [3.63, 3.8) is 0 Å². The quantitative estimate of drug-likeness (QED) is 0.764. The van der Waals surface area contributed by atoms with E-state index in [0.717, 1.165) is 30.2 Å². The molecule has 1 atom stereocenters. The Kier molecular flexibility index (Phi) is 1.94. The number of furan rings is 1. The average molecular weight is 217 g/mol. The number of fused-ring (bicyclic) bond motifs is 1. The van der Waals surface area contributed by atoms with Gasteiger partial charge in [-0.3, -0.25) is 5.32 Å². The van der Waals surface area contributed by atoms with Crippen molar-refractivity contribution in [2.75, 3.05) is 6.54 Å². The van der Waals surface area contributed by atoms with Crippen LogP contribution < -0.4 is 5.32 Å². The molecule has 3 heterocycles. The van der Waals surface area contributed by atoms with Crippen LogP contribution in [0.15, 0.2) is 22.9 Å². The zero-order chi connectivity index (χ0) is 11.2. The minimum atomic E-state index is -0.304. The van der Waals surface area contributed by atoms with E-state index in [1.54, 1.807) is 6.33 Å². The Morgan fingerprint density at radius 2 is 2.31 bits per heavy atom. The molecule has 0 fully saturated rings. The van der Waals surface area contributed by atoms with Gasteiger partial charge in [0.2, 0.25) is 0 Å². The maximum atomic E-state index is 5.74. The second-order valence-corrected chi connectivity index (χ2v) is 4.44. The third kappa shape index (κ3) is 1.23. The van der Waals surface area contributed by atoms with Gasteiger partial charge in [0.15, 0.2) is 0 Å². The van der Waals surface area contributed by atoms with Crippen LogP contribution in [-0.4, -0.2) is 16.5 Å². The molecular weight excluding hydrogens is 202 g/mol. The number of nitrogens with zero attached hydrogens (tertiary/aromatic N) is 1. The molecule has 0 aliphatic carbocycles. The molecule has 0 aromatic carbocycles. The summed E-state index contributed by atoms with van der Waals surface area (Å²) in [6, 6.07) is 4.01. The van der Waals surface area contributed by atoms with Gasteiger partial charge in [0.05, 0.1) is 12.0 Å². The van der Waals surface area contributed by atoms with Gasteiger partial charge in [-0.15, -0.1) is 0 Å². The number of hydrogen-bond donors (Lipinski definition) is 2. The van der Waals surface area contributed by atoms with Crippen LogP contribution >= 0.6 is 0 Å². The summed E-state index contributed by atoms with van der Waals surface area (Å²) in [6.07, 6.45) is 2.75. The Morgan fingerprint density at radius 1 is 1.44 bits per heavy atom. The molecule has 0 amide bonds. The second kappa shape index (κ2) is 3.22. The van der Waals surface area contributed by atoms with E-state index >= 15 is 0 Å². The maximum absolute atomic E-state index is 5.74. The largest absolute Gasteiger partial charge is 0.464 e. The molecule has 0 saturated carbocycles. The molecule has 1 unspecified atom stereocenters. The van der Waals surface area contributed by atoms with E-state index in [1.807, 2.05) is 19.1 Å². The topological polar surface area (TPSA) is 53.9 Å². The predicted octanol–water partition coefficient (Wildman–Crippen LogP) is 1.72. The van der Waals surface area contributed by atoms with Gasteiger partial charge in [-0.05, 0) is 26.0 Å². The van der Waals surface area contributed by atoms with Gasteiger partial charge >= 0.3 is 0 Å². The number of rotatable bonds is 1. The van der Waals surface area contributed by atoms with Crippen molar-refractivity contribution in [1.82, 2.24) is 15.3 Å². The van der Waals surface area contributed by atoms with Crippen molar-refractivity contribution in [3.8, 4) is 0 Å². The molecule has 84 valence electrons. The van der Waals surface area contributed by atoms with Gasteiger partial charge in [-0.2, -0.15) is 0 Å². The first-order chi connectivity index (χ1) is 7.70. The van der Waals surface area contributed by atoms with E-state index < -0.39 is 0 Å². The lowest BCUT2D eigenvalue weighted by molar-refractivity contribution is 0.319. The first kappa shape index (κ1) is 9.66. The minimum absolute atomic E-state index is 0.304. The Balaban J connectivity index is 2.13. The predicted molar refractivity (Wildman–Crippen MR) is 60.2 cm³/mol. The molecule has 2 N–H and O–H groups in total. The fraction of sp³-hybridized carbons (Fsp3) is 0.417. The van der Waals surface area contributed by atoms with E-state index in [9.17, 15) is 0 Å². The molecule has 1 aliphatic heterocycles. The average Bonchev–Trinajstić information content (AvgIpc) is 2.87. The summed E-state index contributed by atoms with van der Waals surface area (Å²) in [6.45, 7) is 5.01. The number of aryl methyl sites for hydroxylation is 1. The summed E-state index contributed by atoms with van der Waals surface area (Å²) >= 11 is 0. The summed E-state index contributed by atoms with van der Waals surface area (Å²) in [5.74, 6) is 1.86. The molecule has 0 radical (unpaired) electrons. The number of H-pyrrole nitrogens is 1. The number of nitrogens with one attached hydrogen (secondary N) is 2. The smallest absolute Gasteiger partial charge is 0.130 e. The highest BCUT2D eigenvalue weighted by Gasteiger charge is 2.38. The van der Waals surface area contributed by atoms with Crippen molar-refractivity contribution in [3.05, 3.63) is 41.4 Å². The summed E-state index contributed by atoms with van der Waals surface area (Å²) in [5, 5.41) is 3.49. The first-order valence-corrected chi connectivity index (χ1v) is 5.55. The highest BCUT2D eigenvalue weighted by Crippen LogP contribution is 2.33. The zero-order valence-electron chi connectivity index (χ0n) is 9.50. The van der Waals surface area contributed by atoms with Gasteiger partial charge in [0.1, 0.15) is 17.1 Å². The van der Waals surface area contributed by atoms with Crippen LogP contribution in [0.25, 0.3) is 0 Å². The van der Waals surface area contributed by atoms with Crippen molar-refractivity contribution >= 4 is 0 Å². The lowest BCUT2D eigenvalue weighted by Gasteiger charge is -2.32. The van der Waals surface area contributed by atoms with Crippen LogP contribution in [0.3, 0.4) is 0 Å². The van der Waals surface area contributed by atoms with Crippen molar-refractivity contribution in [2.24, 2.45) is 0 Å². The third-order valence-electron chi connectivity index (χ3n) is 3.28. The molecule has 2 aromatic heterocycles. The van der Waals surface area contributed by atoms with Crippen LogP contribution in [0.1, 0.15) is 29.8 Å². The van der Waals surface area contributed by atoms with Crippen LogP contribution in [0.4, 0.5) is 0 Å². The van der Waals surface area contributed by atoms with E-state index in [-0.39, 0.29) is 5.54 Å². The molecular formula is C12H15N3O. The summed E-state index contributed by atoms with van der Waals surface area (Å²) in [7, 11) is 0. The monoisotopic (exact) mass is 217 g/mol. The number of aromatic amines is 1. The molecule has 3 rings (SSSR count). The molecule has 2 aromatic rings. The van der Waals surface area contributed by atoms with E-state index in [2.05, 4.69) is 22.2 Å². The van der Waals surface area contributed by atoms with Crippen molar-refractivity contribution < 1.29 is 4.42 Å².